The van der Waals surface area contributed by atoms with Crippen LogP contribution in [0.3, 0.4) is 0 Å². The molecule has 0 fully saturated rings. The summed E-state index contributed by atoms with van der Waals surface area (Å²) in [6, 6.07) is 4.68. The van der Waals surface area contributed by atoms with Crippen LogP contribution < -0.4 is 0 Å². The van der Waals surface area contributed by atoms with Gasteiger partial charge in [0.05, 0.1) is 5.60 Å². The van der Waals surface area contributed by atoms with Crippen molar-refractivity contribution in [2.75, 3.05) is 0 Å². The first-order chi connectivity index (χ1) is 6.34. The number of hydrogen-bond acceptors (Lipinski definition) is 1. The third kappa shape index (κ3) is 2.13. The van der Waals surface area contributed by atoms with Gasteiger partial charge in [-0.3, -0.25) is 0 Å². The van der Waals surface area contributed by atoms with Crippen LogP contribution in [0.2, 0.25) is 0 Å². The highest BCUT2D eigenvalue weighted by Crippen LogP contribution is 2.29. The minimum atomic E-state index is -0.965. The van der Waals surface area contributed by atoms with Crippen molar-refractivity contribution in [1.29, 1.82) is 0 Å². The number of hydrogen-bond donors (Lipinski definition) is 1. The van der Waals surface area contributed by atoms with Crippen LogP contribution in [0.15, 0.2) is 18.2 Å². The Bertz CT molecular complexity index is 309. The van der Waals surface area contributed by atoms with E-state index in [1.807, 2.05) is 26.8 Å². The fraction of sp³-hybridized carbons (Fsp3) is 0.500. The minimum absolute atomic E-state index is 0.0590. The van der Waals surface area contributed by atoms with Crippen LogP contribution in [0.4, 0.5) is 4.39 Å². The molecule has 1 N–H and O–H groups in total. The first-order valence-corrected chi connectivity index (χ1v) is 4.84. The molecule has 78 valence electrons. The second-order valence-corrected chi connectivity index (χ2v) is 4.32. The number of halogens is 1. The van der Waals surface area contributed by atoms with Gasteiger partial charge in [0.2, 0.25) is 0 Å². The summed E-state index contributed by atoms with van der Waals surface area (Å²) in [5.74, 6) is -0.232. The van der Waals surface area contributed by atoms with Crippen LogP contribution in [0.25, 0.3) is 0 Å². The molecule has 0 aliphatic heterocycles. The largest absolute Gasteiger partial charge is 0.385 e. The van der Waals surface area contributed by atoms with Gasteiger partial charge in [0.25, 0.3) is 0 Å². The highest BCUT2D eigenvalue weighted by molar-refractivity contribution is 5.28. The van der Waals surface area contributed by atoms with Crippen LogP contribution in [-0.2, 0) is 5.60 Å². The van der Waals surface area contributed by atoms with Gasteiger partial charge in [-0.25, -0.2) is 4.39 Å². The quantitative estimate of drug-likeness (QED) is 0.771. The van der Waals surface area contributed by atoms with E-state index in [9.17, 15) is 9.50 Å². The predicted molar refractivity (Wildman–Crippen MR) is 55.5 cm³/mol. The first-order valence-electron chi connectivity index (χ1n) is 4.84. The summed E-state index contributed by atoms with van der Waals surface area (Å²) in [6.45, 7) is 7.37. The molecule has 1 atom stereocenters. The Kier molecular flexibility index (Phi) is 2.95. The van der Waals surface area contributed by atoms with Gasteiger partial charge in [-0.15, -0.1) is 0 Å². The van der Waals surface area contributed by atoms with E-state index < -0.39 is 5.60 Å². The molecule has 0 amide bonds. The molecule has 0 bridgehead atoms. The van der Waals surface area contributed by atoms with Gasteiger partial charge in [-0.2, -0.15) is 0 Å². The van der Waals surface area contributed by atoms with Crippen molar-refractivity contribution in [3.05, 3.63) is 35.1 Å². The van der Waals surface area contributed by atoms with Gasteiger partial charge in [0, 0.05) is 0 Å². The lowest BCUT2D eigenvalue weighted by Gasteiger charge is -2.28. The van der Waals surface area contributed by atoms with E-state index in [1.54, 1.807) is 6.92 Å². The smallest absolute Gasteiger partial charge is 0.123 e. The van der Waals surface area contributed by atoms with Gasteiger partial charge in [0.15, 0.2) is 0 Å². The summed E-state index contributed by atoms with van der Waals surface area (Å²) in [7, 11) is 0. The topological polar surface area (TPSA) is 20.2 Å². The summed E-state index contributed by atoms with van der Waals surface area (Å²) >= 11 is 0. The molecule has 1 rings (SSSR count). The Balaban J connectivity index is 3.18. The minimum Gasteiger partial charge on any atom is -0.385 e. The maximum atomic E-state index is 13.1. The molecule has 0 aliphatic rings. The first kappa shape index (κ1) is 11.2. The Labute approximate surface area is 84.6 Å². The van der Waals surface area contributed by atoms with Crippen LogP contribution in [0.1, 0.15) is 31.9 Å². The van der Waals surface area contributed by atoms with E-state index in [4.69, 9.17) is 0 Å². The number of aryl methyl sites for hydroxylation is 1. The van der Waals surface area contributed by atoms with Crippen molar-refractivity contribution in [3.8, 4) is 0 Å². The monoisotopic (exact) mass is 196 g/mol. The number of aliphatic hydroxyl groups is 1. The number of benzene rings is 1. The fourth-order valence-corrected chi connectivity index (χ4v) is 1.36. The summed E-state index contributed by atoms with van der Waals surface area (Å²) < 4.78 is 13.1. The van der Waals surface area contributed by atoms with Gasteiger partial charge in [0.1, 0.15) is 5.82 Å². The summed E-state index contributed by atoms with van der Waals surface area (Å²) in [5.41, 5.74) is 0.512. The van der Waals surface area contributed by atoms with E-state index in [0.717, 1.165) is 5.56 Å². The van der Waals surface area contributed by atoms with E-state index >= 15 is 0 Å². The van der Waals surface area contributed by atoms with Crippen molar-refractivity contribution >= 4 is 0 Å². The Morgan fingerprint density at radius 3 is 2.29 bits per heavy atom. The molecular weight excluding hydrogens is 179 g/mol. The molecule has 1 aromatic carbocycles. The van der Waals surface area contributed by atoms with E-state index in [1.165, 1.54) is 12.1 Å². The van der Waals surface area contributed by atoms with Gasteiger partial charge in [-0.05, 0) is 43.0 Å². The maximum absolute atomic E-state index is 13.1. The Hall–Kier alpha value is -0.890. The molecule has 1 aromatic rings. The molecule has 0 aromatic heterocycles. The summed E-state index contributed by atoms with van der Waals surface area (Å²) in [6.07, 6.45) is 0. The van der Waals surface area contributed by atoms with Gasteiger partial charge < -0.3 is 5.11 Å². The molecule has 14 heavy (non-hydrogen) atoms. The van der Waals surface area contributed by atoms with Crippen molar-refractivity contribution in [2.24, 2.45) is 5.92 Å². The lowest BCUT2D eigenvalue weighted by atomic mass is 9.84. The summed E-state index contributed by atoms with van der Waals surface area (Å²) in [4.78, 5) is 0. The second kappa shape index (κ2) is 3.70. The summed E-state index contributed by atoms with van der Waals surface area (Å²) in [5, 5.41) is 10.1. The molecule has 0 saturated carbocycles. The second-order valence-electron chi connectivity index (χ2n) is 4.32. The standard InChI is InChI=1S/C12H17FO/c1-8(2)12(4,14)10-5-9(3)6-11(13)7-10/h5-8,14H,1-4H3. The molecule has 0 aliphatic carbocycles. The molecule has 0 spiro atoms. The van der Waals surface area contributed by atoms with Crippen molar-refractivity contribution in [1.82, 2.24) is 0 Å². The molecule has 1 nitrogen and oxygen atoms in total. The zero-order chi connectivity index (χ0) is 10.9. The third-order valence-corrected chi connectivity index (χ3v) is 2.75. The third-order valence-electron chi connectivity index (χ3n) is 2.75. The lowest BCUT2D eigenvalue weighted by Crippen LogP contribution is -2.28. The molecule has 2 heteroatoms. The highest BCUT2D eigenvalue weighted by atomic mass is 19.1. The van der Waals surface area contributed by atoms with Crippen molar-refractivity contribution < 1.29 is 9.50 Å². The fourth-order valence-electron chi connectivity index (χ4n) is 1.36. The van der Waals surface area contributed by atoms with Crippen LogP contribution in [0.5, 0.6) is 0 Å². The van der Waals surface area contributed by atoms with Gasteiger partial charge in [-0.1, -0.05) is 19.9 Å². The zero-order valence-corrected chi connectivity index (χ0v) is 9.13. The Morgan fingerprint density at radius 2 is 1.86 bits per heavy atom. The number of rotatable bonds is 2. The lowest BCUT2D eigenvalue weighted by molar-refractivity contribution is 0.00873. The zero-order valence-electron chi connectivity index (χ0n) is 9.13. The molecule has 0 saturated heterocycles. The molecule has 0 heterocycles. The van der Waals surface area contributed by atoms with Crippen LogP contribution >= 0.6 is 0 Å². The molecule has 0 radical (unpaired) electrons. The maximum Gasteiger partial charge on any atom is 0.123 e. The Morgan fingerprint density at radius 1 is 1.29 bits per heavy atom. The predicted octanol–water partition coefficient (Wildman–Crippen LogP) is 3.00. The van der Waals surface area contributed by atoms with Crippen molar-refractivity contribution in [2.45, 2.75) is 33.3 Å². The van der Waals surface area contributed by atoms with E-state index in [-0.39, 0.29) is 11.7 Å². The average Bonchev–Trinajstić information content (AvgIpc) is 2.01. The van der Waals surface area contributed by atoms with E-state index in [0.29, 0.717) is 5.56 Å². The van der Waals surface area contributed by atoms with E-state index in [2.05, 4.69) is 0 Å². The van der Waals surface area contributed by atoms with Gasteiger partial charge >= 0.3 is 0 Å². The van der Waals surface area contributed by atoms with Crippen molar-refractivity contribution in [3.63, 3.8) is 0 Å². The van der Waals surface area contributed by atoms with Crippen LogP contribution in [-0.4, -0.2) is 5.11 Å². The molecular formula is C12H17FO. The highest BCUT2D eigenvalue weighted by Gasteiger charge is 2.27. The molecule has 1 unspecified atom stereocenters. The SMILES string of the molecule is Cc1cc(F)cc(C(C)(O)C(C)C)c1. The van der Waals surface area contributed by atoms with Crippen LogP contribution in [0, 0.1) is 18.7 Å². The average molecular weight is 196 g/mol. The normalized spacial score (nSPS) is 15.6.